The van der Waals surface area contributed by atoms with E-state index >= 15 is 0 Å². The molecule has 1 heterocycles. The summed E-state index contributed by atoms with van der Waals surface area (Å²) in [6.07, 6.45) is 0. The molecule has 2 aromatic carbocycles. The molecule has 1 aromatic heterocycles. The van der Waals surface area contributed by atoms with Gasteiger partial charge in [0.1, 0.15) is 11.4 Å². The number of methoxy groups -OCH3 is 1. The number of hydrogen-bond donors (Lipinski definition) is 0. The summed E-state index contributed by atoms with van der Waals surface area (Å²) in [4.78, 5) is 16.6. The van der Waals surface area contributed by atoms with Crippen molar-refractivity contribution in [2.75, 3.05) is 13.7 Å². The Morgan fingerprint density at radius 1 is 1.12 bits per heavy atom. The zero-order valence-corrected chi connectivity index (χ0v) is 14.0. The van der Waals surface area contributed by atoms with Gasteiger partial charge >= 0.3 is 5.97 Å². The lowest BCUT2D eigenvalue weighted by Crippen LogP contribution is -2.07. The van der Waals surface area contributed by atoms with Crippen LogP contribution >= 0.6 is 0 Å². The second-order valence-electron chi connectivity index (χ2n) is 5.53. The molecule has 0 N–H and O–H groups in total. The van der Waals surface area contributed by atoms with Crippen molar-refractivity contribution >= 4 is 16.9 Å². The van der Waals surface area contributed by atoms with E-state index in [0.29, 0.717) is 12.3 Å². The topological polar surface area (TPSA) is 48.4 Å². The number of fused-ring (bicyclic) bond motifs is 1. The van der Waals surface area contributed by atoms with Gasteiger partial charge in [0.2, 0.25) is 0 Å². The van der Waals surface area contributed by atoms with Crippen LogP contribution in [0.1, 0.15) is 23.0 Å². The predicted molar refractivity (Wildman–Crippen MR) is 94.4 cm³/mol. The molecule has 0 unspecified atom stereocenters. The molecule has 4 heteroatoms. The van der Waals surface area contributed by atoms with Gasteiger partial charge in [0.05, 0.1) is 19.2 Å². The minimum atomic E-state index is -0.413. The molecule has 3 rings (SSSR count). The summed E-state index contributed by atoms with van der Waals surface area (Å²) in [5.74, 6) is 0.339. The lowest BCUT2D eigenvalue weighted by atomic mass is 9.98. The van der Waals surface area contributed by atoms with Crippen LogP contribution in [0.5, 0.6) is 5.75 Å². The van der Waals surface area contributed by atoms with Gasteiger partial charge in [-0.2, -0.15) is 0 Å². The standard InChI is InChI=1S/C20H19NO3/c1-4-24-20(22)19-12-16(14-7-5-6-13(2)10-14)17-11-15(23-3)8-9-18(17)21-19/h5-12H,4H2,1-3H3. The largest absolute Gasteiger partial charge is 0.497 e. The van der Waals surface area contributed by atoms with E-state index in [1.54, 1.807) is 20.1 Å². The van der Waals surface area contributed by atoms with Crippen molar-refractivity contribution in [2.24, 2.45) is 0 Å². The lowest BCUT2D eigenvalue weighted by Gasteiger charge is -2.11. The summed E-state index contributed by atoms with van der Waals surface area (Å²) in [7, 11) is 1.63. The van der Waals surface area contributed by atoms with Gasteiger partial charge in [-0.05, 0) is 49.2 Å². The number of carbonyl (C=O) groups is 1. The summed E-state index contributed by atoms with van der Waals surface area (Å²) >= 11 is 0. The first kappa shape index (κ1) is 16.0. The van der Waals surface area contributed by atoms with Crippen molar-refractivity contribution in [2.45, 2.75) is 13.8 Å². The molecule has 0 fully saturated rings. The van der Waals surface area contributed by atoms with Crippen LogP contribution in [0.15, 0.2) is 48.5 Å². The van der Waals surface area contributed by atoms with Crippen LogP contribution in [0.3, 0.4) is 0 Å². The second-order valence-corrected chi connectivity index (χ2v) is 5.53. The monoisotopic (exact) mass is 321 g/mol. The number of esters is 1. The highest BCUT2D eigenvalue weighted by Gasteiger charge is 2.15. The first-order valence-corrected chi connectivity index (χ1v) is 7.85. The van der Waals surface area contributed by atoms with Crippen molar-refractivity contribution in [3.8, 4) is 16.9 Å². The molecule has 0 amide bonds. The Morgan fingerprint density at radius 3 is 2.67 bits per heavy atom. The zero-order valence-electron chi connectivity index (χ0n) is 14.0. The number of pyridine rings is 1. The van der Waals surface area contributed by atoms with Crippen LogP contribution < -0.4 is 4.74 Å². The third kappa shape index (κ3) is 3.08. The van der Waals surface area contributed by atoms with Crippen molar-refractivity contribution in [1.29, 1.82) is 0 Å². The van der Waals surface area contributed by atoms with Crippen LogP contribution in [-0.2, 0) is 4.74 Å². The Balaban J connectivity index is 2.27. The molecule has 122 valence electrons. The fraction of sp³-hybridized carbons (Fsp3) is 0.200. The molecule has 0 atom stereocenters. The van der Waals surface area contributed by atoms with E-state index in [-0.39, 0.29) is 0 Å². The van der Waals surface area contributed by atoms with Crippen LogP contribution in [0.4, 0.5) is 0 Å². The number of aromatic nitrogens is 1. The molecule has 4 nitrogen and oxygen atoms in total. The average molecular weight is 321 g/mol. The maximum atomic E-state index is 12.2. The lowest BCUT2D eigenvalue weighted by molar-refractivity contribution is 0.0520. The highest BCUT2D eigenvalue weighted by molar-refractivity contribution is 6.00. The van der Waals surface area contributed by atoms with Crippen molar-refractivity contribution < 1.29 is 14.3 Å². The Kier molecular flexibility index (Phi) is 4.47. The fourth-order valence-electron chi connectivity index (χ4n) is 2.69. The van der Waals surface area contributed by atoms with Gasteiger partial charge in [0.25, 0.3) is 0 Å². The predicted octanol–water partition coefficient (Wildman–Crippen LogP) is 4.40. The molecule has 0 bridgehead atoms. The van der Waals surface area contributed by atoms with Gasteiger partial charge in [-0.3, -0.25) is 0 Å². The Bertz CT molecular complexity index is 903. The first-order chi connectivity index (χ1) is 11.6. The molecule has 24 heavy (non-hydrogen) atoms. The summed E-state index contributed by atoms with van der Waals surface area (Å²) < 4.78 is 10.4. The van der Waals surface area contributed by atoms with Crippen LogP contribution in [0, 0.1) is 6.92 Å². The molecule has 0 aliphatic rings. The minimum Gasteiger partial charge on any atom is -0.497 e. The number of nitrogens with zero attached hydrogens (tertiary/aromatic N) is 1. The average Bonchev–Trinajstić information content (AvgIpc) is 2.60. The molecule has 0 saturated carbocycles. The molecule has 0 radical (unpaired) electrons. The van der Waals surface area contributed by atoms with Crippen molar-refractivity contribution in [3.05, 3.63) is 59.8 Å². The molecule has 0 aliphatic heterocycles. The molecule has 0 saturated heterocycles. The van der Waals surface area contributed by atoms with E-state index < -0.39 is 5.97 Å². The third-order valence-electron chi connectivity index (χ3n) is 3.83. The molecule has 3 aromatic rings. The minimum absolute atomic E-state index is 0.311. The summed E-state index contributed by atoms with van der Waals surface area (Å²) in [5, 5.41) is 0.938. The van der Waals surface area contributed by atoms with Gasteiger partial charge in [-0.1, -0.05) is 29.8 Å². The molecule has 0 spiro atoms. The van der Waals surface area contributed by atoms with Gasteiger partial charge in [0.15, 0.2) is 0 Å². The SMILES string of the molecule is CCOC(=O)c1cc(-c2cccc(C)c2)c2cc(OC)ccc2n1. The van der Waals surface area contributed by atoms with Crippen LogP contribution in [0.25, 0.3) is 22.0 Å². The molecular formula is C20H19NO3. The molecular weight excluding hydrogens is 302 g/mol. The first-order valence-electron chi connectivity index (χ1n) is 7.85. The van der Waals surface area contributed by atoms with E-state index in [0.717, 1.165) is 33.3 Å². The Hall–Kier alpha value is -2.88. The highest BCUT2D eigenvalue weighted by Crippen LogP contribution is 2.31. The van der Waals surface area contributed by atoms with Gasteiger partial charge in [-0.15, -0.1) is 0 Å². The van der Waals surface area contributed by atoms with E-state index in [2.05, 4.69) is 11.1 Å². The van der Waals surface area contributed by atoms with Crippen molar-refractivity contribution in [3.63, 3.8) is 0 Å². The van der Waals surface area contributed by atoms with E-state index in [4.69, 9.17) is 9.47 Å². The van der Waals surface area contributed by atoms with E-state index in [9.17, 15) is 4.79 Å². The maximum absolute atomic E-state index is 12.2. The Labute approximate surface area is 141 Å². The molecule has 0 aliphatic carbocycles. The van der Waals surface area contributed by atoms with E-state index in [1.807, 2.05) is 43.3 Å². The van der Waals surface area contributed by atoms with Crippen LogP contribution in [-0.4, -0.2) is 24.7 Å². The number of benzene rings is 2. The maximum Gasteiger partial charge on any atom is 0.356 e. The smallest absolute Gasteiger partial charge is 0.356 e. The van der Waals surface area contributed by atoms with Gasteiger partial charge in [-0.25, -0.2) is 9.78 Å². The van der Waals surface area contributed by atoms with Gasteiger partial charge in [0, 0.05) is 5.39 Å². The van der Waals surface area contributed by atoms with Gasteiger partial charge < -0.3 is 9.47 Å². The summed E-state index contributed by atoms with van der Waals surface area (Å²) in [6, 6.07) is 15.6. The fourth-order valence-corrected chi connectivity index (χ4v) is 2.69. The van der Waals surface area contributed by atoms with Crippen LogP contribution in [0.2, 0.25) is 0 Å². The van der Waals surface area contributed by atoms with E-state index in [1.165, 1.54) is 0 Å². The number of rotatable bonds is 4. The number of ether oxygens (including phenoxy) is 2. The second kappa shape index (κ2) is 6.71. The zero-order chi connectivity index (χ0) is 17.1. The Morgan fingerprint density at radius 2 is 1.96 bits per heavy atom. The highest BCUT2D eigenvalue weighted by atomic mass is 16.5. The number of aryl methyl sites for hydroxylation is 1. The van der Waals surface area contributed by atoms with Crippen molar-refractivity contribution in [1.82, 2.24) is 4.98 Å². The number of hydrogen-bond acceptors (Lipinski definition) is 4. The number of carbonyl (C=O) groups excluding carboxylic acids is 1. The normalized spacial score (nSPS) is 10.6. The third-order valence-corrected chi connectivity index (χ3v) is 3.83. The summed E-state index contributed by atoms with van der Waals surface area (Å²) in [6.45, 7) is 4.14. The quantitative estimate of drug-likeness (QED) is 0.668. The summed E-state index contributed by atoms with van der Waals surface area (Å²) in [5.41, 5.74) is 4.16.